The Labute approximate surface area is 216 Å². The van der Waals surface area contributed by atoms with Gasteiger partial charge in [0.15, 0.2) is 5.69 Å². The molecule has 0 bridgehead atoms. The van der Waals surface area contributed by atoms with Crippen molar-refractivity contribution in [3.8, 4) is 0 Å². The van der Waals surface area contributed by atoms with E-state index < -0.39 is 17.7 Å². The van der Waals surface area contributed by atoms with Gasteiger partial charge in [-0.1, -0.05) is 23.7 Å². The Balaban J connectivity index is 1.29. The number of aromatic nitrogens is 2. The molecule has 3 amide bonds. The molecule has 1 saturated heterocycles. The molecular weight excluding hydrogens is 506 g/mol. The first kappa shape index (κ1) is 26.2. The molecule has 4 rings (SSSR count). The van der Waals surface area contributed by atoms with Gasteiger partial charge in [0, 0.05) is 50.4 Å². The summed E-state index contributed by atoms with van der Waals surface area (Å²) >= 11 is 6.05. The van der Waals surface area contributed by atoms with Gasteiger partial charge in [0.25, 0.3) is 23.6 Å². The van der Waals surface area contributed by atoms with E-state index in [2.05, 4.69) is 25.9 Å². The molecule has 0 radical (unpaired) electrons. The Morgan fingerprint density at radius 2 is 1.57 bits per heavy atom. The highest BCUT2D eigenvalue weighted by Crippen LogP contribution is 2.27. The predicted molar refractivity (Wildman–Crippen MR) is 135 cm³/mol. The maximum Gasteiger partial charge on any atom is 0.276 e. The van der Waals surface area contributed by atoms with Crippen LogP contribution in [0.15, 0.2) is 54.9 Å². The number of benzene rings is 2. The lowest BCUT2D eigenvalue weighted by Gasteiger charge is -2.31. The summed E-state index contributed by atoms with van der Waals surface area (Å²) in [4.78, 5) is 46.2. The number of hydrogen-bond donors (Lipinski definition) is 4. The number of halogens is 3. The highest BCUT2D eigenvalue weighted by Gasteiger charge is 2.33. The van der Waals surface area contributed by atoms with Crippen molar-refractivity contribution in [3.63, 3.8) is 0 Å². The van der Waals surface area contributed by atoms with E-state index in [4.69, 9.17) is 11.6 Å². The van der Waals surface area contributed by atoms with Crippen molar-refractivity contribution in [1.82, 2.24) is 20.2 Å². The number of likely N-dealkylation sites (tertiary alicyclic amines) is 1. The van der Waals surface area contributed by atoms with Crippen LogP contribution in [0.3, 0.4) is 0 Å². The molecule has 3 aromatic rings. The average Bonchev–Trinajstić information content (AvgIpc) is 3.37. The predicted octanol–water partition coefficient (Wildman–Crippen LogP) is 4.03. The molecule has 1 fully saturated rings. The number of nitrogens with one attached hydrogen (secondary N) is 4. The number of alkyl halides is 2. The monoisotopic (exact) mass is 530 g/mol. The van der Waals surface area contributed by atoms with Crippen molar-refractivity contribution in [3.05, 3.63) is 76.8 Å². The minimum Gasteiger partial charge on any atom is -0.349 e. The lowest BCUT2D eigenvalue weighted by atomic mass is 10.1. The van der Waals surface area contributed by atoms with E-state index in [0.717, 1.165) is 0 Å². The number of rotatable bonds is 8. The van der Waals surface area contributed by atoms with Crippen LogP contribution < -0.4 is 16.0 Å². The number of carbonyl (C=O) groups excluding carboxylic acids is 3. The summed E-state index contributed by atoms with van der Waals surface area (Å²) in [6.45, 7) is 1.20. The smallest absolute Gasteiger partial charge is 0.276 e. The number of imidazole rings is 1. The zero-order valence-corrected chi connectivity index (χ0v) is 20.4. The zero-order valence-electron chi connectivity index (χ0n) is 19.7. The van der Waals surface area contributed by atoms with Crippen LogP contribution in [-0.4, -0.2) is 64.7 Å². The van der Waals surface area contributed by atoms with Crippen molar-refractivity contribution < 1.29 is 23.2 Å². The Morgan fingerprint density at radius 1 is 0.946 bits per heavy atom. The van der Waals surface area contributed by atoms with Gasteiger partial charge in [-0.2, -0.15) is 0 Å². The molecule has 0 unspecified atom stereocenters. The standard InChI is InChI=1S/C25H25ClF2N6O3/c26-19-4-2-1-3-18(19)22(35)32-16-5-7-17(8-6-16)33-24(37)21-20(30-15-31-21)23(36)29-11-14-34-12-9-25(27,28)10-13-34/h1-8,15H,9-14H2,(H,29,36)(H,30,31)(H,32,35)(H,33,37). The molecule has 1 aliphatic rings. The van der Waals surface area contributed by atoms with E-state index in [1.807, 2.05) is 4.90 Å². The van der Waals surface area contributed by atoms with E-state index in [9.17, 15) is 23.2 Å². The van der Waals surface area contributed by atoms with Gasteiger partial charge in [0.05, 0.1) is 16.9 Å². The Hall–Kier alpha value is -3.83. The van der Waals surface area contributed by atoms with Gasteiger partial charge < -0.3 is 25.8 Å². The first-order valence-corrected chi connectivity index (χ1v) is 12.0. The second kappa shape index (κ2) is 11.5. The summed E-state index contributed by atoms with van der Waals surface area (Å²) in [6, 6.07) is 13.1. The molecule has 4 N–H and O–H groups in total. The van der Waals surface area contributed by atoms with Gasteiger partial charge >= 0.3 is 0 Å². The van der Waals surface area contributed by atoms with E-state index in [-0.39, 0.29) is 49.8 Å². The van der Waals surface area contributed by atoms with Gasteiger partial charge in [-0.25, -0.2) is 13.8 Å². The van der Waals surface area contributed by atoms with Crippen molar-refractivity contribution in [2.45, 2.75) is 18.8 Å². The van der Waals surface area contributed by atoms with Crippen molar-refractivity contribution >= 4 is 40.7 Å². The second-order valence-electron chi connectivity index (χ2n) is 8.55. The second-order valence-corrected chi connectivity index (χ2v) is 8.95. The van der Waals surface area contributed by atoms with Crippen LogP contribution in [0.2, 0.25) is 5.02 Å². The molecule has 194 valence electrons. The molecule has 0 aliphatic carbocycles. The summed E-state index contributed by atoms with van der Waals surface area (Å²) < 4.78 is 26.5. The number of anilines is 2. The van der Waals surface area contributed by atoms with Crippen LogP contribution in [0.1, 0.15) is 44.2 Å². The van der Waals surface area contributed by atoms with Crippen LogP contribution in [0, 0.1) is 0 Å². The summed E-state index contributed by atoms with van der Waals surface area (Å²) in [6.07, 6.45) is 0.852. The SMILES string of the molecule is O=C(Nc1ccc(NC(=O)c2nc[nH]c2C(=O)NCCN2CCC(F)(F)CC2)cc1)c1ccccc1Cl. The minimum atomic E-state index is -2.62. The molecule has 1 aliphatic heterocycles. The van der Waals surface area contributed by atoms with Gasteiger partial charge in [-0.3, -0.25) is 14.4 Å². The summed E-state index contributed by atoms with van der Waals surface area (Å²) in [5.41, 5.74) is 1.16. The number of aromatic amines is 1. The van der Waals surface area contributed by atoms with Crippen LogP contribution in [0.5, 0.6) is 0 Å². The first-order chi connectivity index (χ1) is 17.7. The van der Waals surface area contributed by atoms with Gasteiger partial charge in [0.2, 0.25) is 0 Å². The third-order valence-corrected chi connectivity index (χ3v) is 6.23. The molecule has 2 heterocycles. The minimum absolute atomic E-state index is 0.00805. The number of nitrogens with zero attached hydrogens (tertiary/aromatic N) is 2. The number of hydrogen-bond acceptors (Lipinski definition) is 5. The number of piperidine rings is 1. The summed E-state index contributed by atoms with van der Waals surface area (Å²) in [5.74, 6) is -4.12. The Kier molecular flexibility index (Phi) is 8.14. The van der Waals surface area contributed by atoms with E-state index in [1.54, 1.807) is 48.5 Å². The lowest BCUT2D eigenvalue weighted by molar-refractivity contribution is -0.0547. The number of H-pyrrole nitrogens is 1. The summed E-state index contributed by atoms with van der Waals surface area (Å²) in [7, 11) is 0. The topological polar surface area (TPSA) is 119 Å². The zero-order chi connectivity index (χ0) is 26.4. The average molecular weight is 531 g/mol. The number of carbonyl (C=O) groups is 3. The van der Waals surface area contributed by atoms with Crippen LogP contribution in [0.4, 0.5) is 20.2 Å². The quantitative estimate of drug-likeness (QED) is 0.350. The summed E-state index contributed by atoms with van der Waals surface area (Å²) in [5, 5.41) is 8.41. The molecule has 0 spiro atoms. The van der Waals surface area contributed by atoms with E-state index in [1.165, 1.54) is 6.33 Å². The molecular formula is C25H25ClF2N6O3. The van der Waals surface area contributed by atoms with Crippen molar-refractivity contribution in [2.24, 2.45) is 0 Å². The van der Waals surface area contributed by atoms with Crippen LogP contribution in [-0.2, 0) is 0 Å². The van der Waals surface area contributed by atoms with Crippen molar-refractivity contribution in [2.75, 3.05) is 36.8 Å². The Bertz CT molecular complexity index is 1270. The van der Waals surface area contributed by atoms with E-state index in [0.29, 0.717) is 28.5 Å². The molecule has 1 aromatic heterocycles. The molecule has 37 heavy (non-hydrogen) atoms. The molecule has 2 aromatic carbocycles. The highest BCUT2D eigenvalue weighted by molar-refractivity contribution is 6.34. The fraction of sp³-hybridized carbons (Fsp3) is 0.280. The number of amides is 3. The fourth-order valence-electron chi connectivity index (χ4n) is 3.83. The van der Waals surface area contributed by atoms with Crippen LogP contribution in [0.25, 0.3) is 0 Å². The first-order valence-electron chi connectivity index (χ1n) is 11.6. The molecule has 12 heteroatoms. The van der Waals surface area contributed by atoms with E-state index >= 15 is 0 Å². The fourth-order valence-corrected chi connectivity index (χ4v) is 4.05. The normalized spacial score (nSPS) is 15.1. The van der Waals surface area contributed by atoms with Crippen LogP contribution >= 0.6 is 11.6 Å². The Morgan fingerprint density at radius 3 is 2.22 bits per heavy atom. The lowest BCUT2D eigenvalue weighted by Crippen LogP contribution is -2.43. The third kappa shape index (κ3) is 6.89. The largest absolute Gasteiger partial charge is 0.349 e. The van der Waals surface area contributed by atoms with Gasteiger partial charge in [0.1, 0.15) is 5.69 Å². The van der Waals surface area contributed by atoms with Gasteiger partial charge in [-0.05, 0) is 36.4 Å². The maximum absolute atomic E-state index is 13.3. The third-order valence-electron chi connectivity index (χ3n) is 5.90. The molecule has 9 nitrogen and oxygen atoms in total. The van der Waals surface area contributed by atoms with Crippen molar-refractivity contribution in [1.29, 1.82) is 0 Å². The van der Waals surface area contributed by atoms with Gasteiger partial charge in [-0.15, -0.1) is 0 Å². The molecule has 0 saturated carbocycles. The molecule has 0 atom stereocenters. The highest BCUT2D eigenvalue weighted by atomic mass is 35.5. The maximum atomic E-state index is 13.3.